The van der Waals surface area contributed by atoms with E-state index in [1.165, 1.54) is 20.2 Å². The molecule has 0 aromatic carbocycles. The quantitative estimate of drug-likeness (QED) is 0.770. The van der Waals surface area contributed by atoms with Gasteiger partial charge in [0.2, 0.25) is 5.79 Å². The van der Waals surface area contributed by atoms with E-state index >= 15 is 0 Å². The smallest absolute Gasteiger partial charge is 0.330 e. The highest BCUT2D eigenvalue weighted by Crippen LogP contribution is 2.38. The number of nitrogens with zero attached hydrogens (tertiary/aromatic N) is 1. The number of methoxy groups -OCH3 is 1. The second-order valence-electron chi connectivity index (χ2n) is 4.43. The lowest BCUT2D eigenvalue weighted by Crippen LogP contribution is -2.43. The van der Waals surface area contributed by atoms with Crippen LogP contribution < -0.4 is 11.2 Å². The van der Waals surface area contributed by atoms with Gasteiger partial charge in [-0.3, -0.25) is 14.3 Å². The summed E-state index contributed by atoms with van der Waals surface area (Å²) in [6.45, 7) is 0.852. The van der Waals surface area contributed by atoms with Crippen LogP contribution in [-0.4, -0.2) is 40.3 Å². The number of aliphatic hydroxyl groups is 1. The third-order valence-corrected chi connectivity index (χ3v) is 3.24. The van der Waals surface area contributed by atoms with E-state index < -0.39 is 36.0 Å². The molecule has 8 heteroatoms. The maximum Gasteiger partial charge on any atom is 0.330 e. The molecular weight excluding hydrogens is 259 g/mol. The van der Waals surface area contributed by atoms with Gasteiger partial charge in [0.05, 0.1) is 0 Å². The largest absolute Gasteiger partial charge is 0.391 e. The molecule has 106 valence electrons. The molecule has 1 aliphatic heterocycles. The van der Waals surface area contributed by atoms with E-state index in [0.717, 1.165) is 4.57 Å². The highest BCUT2D eigenvalue weighted by atomic mass is 19.1. The molecule has 1 aromatic rings. The number of alkyl halides is 1. The maximum atomic E-state index is 13.9. The highest BCUT2D eigenvalue weighted by molar-refractivity contribution is 5.02. The summed E-state index contributed by atoms with van der Waals surface area (Å²) in [6, 6.07) is 0. The summed E-state index contributed by atoms with van der Waals surface area (Å²) in [7, 11) is 1.21. The molecule has 2 heterocycles. The van der Waals surface area contributed by atoms with Crippen molar-refractivity contribution in [3.63, 3.8) is 0 Å². The number of hydrogen-bond acceptors (Lipinski definition) is 5. The minimum absolute atomic E-state index is 0.153. The van der Waals surface area contributed by atoms with Gasteiger partial charge in [-0.25, -0.2) is 9.18 Å². The van der Waals surface area contributed by atoms with Gasteiger partial charge in [-0.05, 0) is 6.92 Å². The maximum absolute atomic E-state index is 13.9. The Bertz CT molecular complexity index is 577. The molecule has 19 heavy (non-hydrogen) atoms. The van der Waals surface area contributed by atoms with E-state index in [0.29, 0.717) is 5.56 Å². The summed E-state index contributed by atoms with van der Waals surface area (Å²) < 4.78 is 25.2. The summed E-state index contributed by atoms with van der Waals surface area (Å²) in [6.07, 6.45) is -1.38. The minimum atomic E-state index is -1.77. The first-order valence-electron chi connectivity index (χ1n) is 5.73. The molecule has 7 nitrogen and oxygen atoms in total. The molecule has 2 N–H and O–H groups in total. The Kier molecular flexibility index (Phi) is 3.57. The lowest BCUT2D eigenvalue weighted by molar-refractivity contribution is -0.260. The molecule has 0 radical (unpaired) electrons. The fourth-order valence-corrected chi connectivity index (χ4v) is 2.06. The van der Waals surface area contributed by atoms with Crippen molar-refractivity contribution in [1.82, 2.24) is 9.55 Å². The van der Waals surface area contributed by atoms with E-state index in [4.69, 9.17) is 9.47 Å². The number of halogens is 1. The average molecular weight is 274 g/mol. The van der Waals surface area contributed by atoms with Gasteiger partial charge in [0.25, 0.3) is 5.56 Å². The molecule has 1 aromatic heterocycles. The molecule has 3 atom stereocenters. The zero-order valence-corrected chi connectivity index (χ0v) is 10.6. The zero-order chi connectivity index (χ0) is 14.2. The number of aryl methyl sites for hydroxylation is 1. The molecule has 1 aliphatic rings. The molecule has 0 spiro atoms. The summed E-state index contributed by atoms with van der Waals surface area (Å²) in [4.78, 5) is 25.0. The van der Waals surface area contributed by atoms with Crippen LogP contribution in [0, 0.1) is 6.92 Å². The van der Waals surface area contributed by atoms with Crippen LogP contribution >= 0.6 is 0 Å². The predicted octanol–water partition coefficient (Wildman–Crippen LogP) is -0.563. The normalized spacial score (nSPS) is 30.7. The number of H-pyrrole nitrogens is 1. The Morgan fingerprint density at radius 1 is 1.68 bits per heavy atom. The van der Waals surface area contributed by atoms with Gasteiger partial charge < -0.3 is 14.6 Å². The van der Waals surface area contributed by atoms with Gasteiger partial charge in [-0.1, -0.05) is 0 Å². The average Bonchev–Trinajstić information content (AvgIpc) is 2.71. The van der Waals surface area contributed by atoms with Crippen molar-refractivity contribution in [2.24, 2.45) is 0 Å². The van der Waals surface area contributed by atoms with Gasteiger partial charge in [0.15, 0.2) is 6.17 Å². The lowest BCUT2D eigenvalue weighted by atomic mass is 10.1. The first-order valence-corrected chi connectivity index (χ1v) is 5.73. The van der Waals surface area contributed by atoms with Gasteiger partial charge >= 0.3 is 5.69 Å². The van der Waals surface area contributed by atoms with Crippen molar-refractivity contribution in [1.29, 1.82) is 0 Å². The number of nitrogens with one attached hydrogen (secondary N) is 1. The summed E-state index contributed by atoms with van der Waals surface area (Å²) in [5, 5.41) is 9.18. The molecule has 0 saturated carbocycles. The molecule has 0 aliphatic carbocycles. The van der Waals surface area contributed by atoms with E-state index in [9.17, 15) is 19.1 Å². The molecule has 3 unspecified atom stereocenters. The van der Waals surface area contributed by atoms with Gasteiger partial charge in [0, 0.05) is 25.3 Å². The van der Waals surface area contributed by atoms with Crippen LogP contribution in [0.2, 0.25) is 0 Å². The van der Waals surface area contributed by atoms with Crippen molar-refractivity contribution in [3.8, 4) is 0 Å². The van der Waals surface area contributed by atoms with Crippen molar-refractivity contribution in [2.75, 3.05) is 13.7 Å². The van der Waals surface area contributed by atoms with Gasteiger partial charge in [-0.15, -0.1) is 0 Å². The Hall–Kier alpha value is -1.51. The number of aliphatic hydroxyl groups excluding tert-OH is 1. The standard InChI is InChI=1S/C11H15FN2O5/c1-6-4-14(10(17)13-9(6)16)8-3-7(12)11(5-15,18-2)19-8/h4,7-8,15H,3,5H2,1-2H3,(H,13,16,17). The van der Waals surface area contributed by atoms with E-state index in [1.807, 2.05) is 0 Å². The third-order valence-electron chi connectivity index (χ3n) is 3.24. The van der Waals surface area contributed by atoms with Gasteiger partial charge in [0.1, 0.15) is 12.8 Å². The zero-order valence-electron chi connectivity index (χ0n) is 10.6. The minimum Gasteiger partial charge on any atom is -0.391 e. The van der Waals surface area contributed by atoms with Crippen LogP contribution in [0.5, 0.6) is 0 Å². The summed E-state index contributed by atoms with van der Waals surface area (Å²) in [5.41, 5.74) is -0.897. The van der Waals surface area contributed by atoms with E-state index in [2.05, 4.69) is 4.98 Å². The molecule has 0 amide bonds. The monoisotopic (exact) mass is 274 g/mol. The predicted molar refractivity (Wildman–Crippen MR) is 62.5 cm³/mol. The van der Waals surface area contributed by atoms with Crippen LogP contribution in [0.15, 0.2) is 15.8 Å². The highest BCUT2D eigenvalue weighted by Gasteiger charge is 2.50. The molecule has 1 saturated heterocycles. The van der Waals surface area contributed by atoms with Crippen molar-refractivity contribution >= 4 is 0 Å². The summed E-state index contributed by atoms with van der Waals surface area (Å²) in [5.74, 6) is -1.77. The van der Waals surface area contributed by atoms with Crippen molar-refractivity contribution in [3.05, 3.63) is 32.6 Å². The Morgan fingerprint density at radius 3 is 2.89 bits per heavy atom. The van der Waals surface area contributed by atoms with Crippen LogP contribution in [0.1, 0.15) is 18.2 Å². The molecule has 1 fully saturated rings. The topological polar surface area (TPSA) is 93.5 Å². The fourth-order valence-electron chi connectivity index (χ4n) is 2.06. The van der Waals surface area contributed by atoms with Crippen molar-refractivity contribution in [2.45, 2.75) is 31.5 Å². The SMILES string of the molecule is COC1(CO)OC(n2cc(C)c(=O)[nH]c2=O)CC1F. The number of hydrogen-bond donors (Lipinski definition) is 2. The second-order valence-corrected chi connectivity index (χ2v) is 4.43. The number of aromatic amines is 1. The van der Waals surface area contributed by atoms with Crippen LogP contribution in [-0.2, 0) is 9.47 Å². The van der Waals surface area contributed by atoms with E-state index in [1.54, 1.807) is 0 Å². The van der Waals surface area contributed by atoms with Crippen LogP contribution in [0.3, 0.4) is 0 Å². The first-order chi connectivity index (χ1) is 8.93. The lowest BCUT2D eigenvalue weighted by Gasteiger charge is -2.27. The van der Waals surface area contributed by atoms with Crippen LogP contribution in [0.4, 0.5) is 4.39 Å². The molecular formula is C11H15FN2O5. The van der Waals surface area contributed by atoms with Gasteiger partial charge in [-0.2, -0.15) is 0 Å². The Balaban J connectivity index is 2.38. The fraction of sp³-hybridized carbons (Fsp3) is 0.636. The number of rotatable bonds is 3. The van der Waals surface area contributed by atoms with Crippen molar-refractivity contribution < 1.29 is 19.0 Å². The number of aromatic nitrogens is 2. The van der Waals surface area contributed by atoms with E-state index in [-0.39, 0.29) is 6.42 Å². The third kappa shape index (κ3) is 2.22. The second kappa shape index (κ2) is 4.87. The molecule has 0 bridgehead atoms. The van der Waals surface area contributed by atoms with Crippen LogP contribution in [0.25, 0.3) is 0 Å². The number of ether oxygens (including phenoxy) is 2. The first kappa shape index (κ1) is 13.9. The molecule has 2 rings (SSSR count). The Morgan fingerprint density at radius 2 is 2.37 bits per heavy atom. The Labute approximate surface area is 107 Å². The summed E-state index contributed by atoms with van der Waals surface area (Å²) >= 11 is 0.